The summed E-state index contributed by atoms with van der Waals surface area (Å²) in [5.74, 6) is 0.134. The summed E-state index contributed by atoms with van der Waals surface area (Å²) in [6.07, 6.45) is 0.453. The number of ether oxygens (including phenoxy) is 1. The molecule has 0 heterocycles. The van der Waals surface area contributed by atoms with Crippen LogP contribution >= 0.6 is 0 Å². The molecule has 20 heavy (non-hydrogen) atoms. The minimum absolute atomic E-state index is 0.123. The molecule has 0 bridgehead atoms. The molecule has 0 fully saturated rings. The first-order chi connectivity index (χ1) is 9.35. The van der Waals surface area contributed by atoms with E-state index >= 15 is 0 Å². The number of amides is 1. The molecule has 0 aliphatic rings. The second-order valence-electron chi connectivity index (χ2n) is 5.58. The molecule has 0 aliphatic carbocycles. The zero-order valence-corrected chi connectivity index (χ0v) is 13.5. The summed E-state index contributed by atoms with van der Waals surface area (Å²) in [6.45, 7) is 11.3. The highest BCUT2D eigenvalue weighted by molar-refractivity contribution is 5.83. The fraction of sp³-hybridized carbons (Fsp3) is 0.867. The van der Waals surface area contributed by atoms with Crippen molar-refractivity contribution in [2.45, 2.75) is 53.6 Å². The van der Waals surface area contributed by atoms with Crippen molar-refractivity contribution < 1.29 is 14.3 Å². The molecule has 0 saturated carbocycles. The van der Waals surface area contributed by atoms with Gasteiger partial charge < -0.3 is 15.4 Å². The second-order valence-corrected chi connectivity index (χ2v) is 5.58. The zero-order valence-electron chi connectivity index (χ0n) is 13.5. The van der Waals surface area contributed by atoms with Crippen molar-refractivity contribution in [1.29, 1.82) is 0 Å². The van der Waals surface area contributed by atoms with Crippen LogP contribution in [-0.4, -0.2) is 42.5 Å². The number of likely N-dealkylation sites (N-methyl/N-ethyl adjacent to an activating group) is 1. The van der Waals surface area contributed by atoms with E-state index in [2.05, 4.69) is 13.8 Å². The lowest BCUT2D eigenvalue weighted by atomic mass is 9.94. The topological polar surface area (TPSA) is 72.6 Å². The summed E-state index contributed by atoms with van der Waals surface area (Å²) in [6, 6.07) is 0. The average Bonchev–Trinajstić information content (AvgIpc) is 2.38. The monoisotopic (exact) mass is 286 g/mol. The van der Waals surface area contributed by atoms with Gasteiger partial charge in [0.05, 0.1) is 0 Å². The highest BCUT2D eigenvalue weighted by Crippen LogP contribution is 2.15. The van der Waals surface area contributed by atoms with Crippen LogP contribution in [0.25, 0.3) is 0 Å². The lowest BCUT2D eigenvalue weighted by Gasteiger charge is -2.23. The van der Waals surface area contributed by atoms with Gasteiger partial charge >= 0.3 is 5.97 Å². The molecule has 0 radical (unpaired) electrons. The first-order valence-electron chi connectivity index (χ1n) is 7.53. The molecule has 0 spiro atoms. The van der Waals surface area contributed by atoms with Crippen LogP contribution in [0.4, 0.5) is 0 Å². The second kappa shape index (κ2) is 9.75. The van der Waals surface area contributed by atoms with Crippen molar-refractivity contribution >= 4 is 11.9 Å². The number of nitrogens with two attached hydrogens (primary N) is 1. The van der Waals surface area contributed by atoms with Crippen LogP contribution in [0.5, 0.6) is 0 Å². The average molecular weight is 286 g/mol. The van der Waals surface area contributed by atoms with E-state index in [-0.39, 0.29) is 24.2 Å². The third kappa shape index (κ3) is 6.89. The number of hydrogen-bond donors (Lipinski definition) is 1. The van der Waals surface area contributed by atoms with Crippen LogP contribution in [0.15, 0.2) is 0 Å². The molecule has 5 nitrogen and oxygen atoms in total. The summed E-state index contributed by atoms with van der Waals surface area (Å²) in [7, 11) is 0. The first-order valence-corrected chi connectivity index (χ1v) is 7.53. The molecule has 118 valence electrons. The minimum atomic E-state index is -0.722. The lowest BCUT2D eigenvalue weighted by molar-refractivity contribution is -0.159. The molecule has 0 aliphatic heterocycles. The number of carbonyl (C=O) groups is 2. The SMILES string of the molecule is CCN(CC)C(=O)[C@@H](C)OC(=O)C[C@@H](CN)CC(C)C. The molecule has 0 aromatic carbocycles. The van der Waals surface area contributed by atoms with E-state index in [0.29, 0.717) is 25.6 Å². The van der Waals surface area contributed by atoms with Crippen molar-refractivity contribution in [3.8, 4) is 0 Å². The molecule has 2 N–H and O–H groups in total. The molecule has 2 atom stereocenters. The van der Waals surface area contributed by atoms with Crippen molar-refractivity contribution in [3.63, 3.8) is 0 Å². The number of esters is 1. The quantitative estimate of drug-likeness (QED) is 0.656. The van der Waals surface area contributed by atoms with Crippen LogP contribution in [0, 0.1) is 11.8 Å². The number of rotatable bonds is 9. The van der Waals surface area contributed by atoms with Crippen LogP contribution in [0.3, 0.4) is 0 Å². The maximum Gasteiger partial charge on any atom is 0.306 e. The van der Waals surface area contributed by atoms with E-state index < -0.39 is 6.10 Å². The van der Waals surface area contributed by atoms with E-state index in [1.165, 1.54) is 0 Å². The summed E-state index contributed by atoms with van der Waals surface area (Å²) >= 11 is 0. The Bertz CT molecular complexity index is 301. The van der Waals surface area contributed by atoms with Crippen molar-refractivity contribution in [2.75, 3.05) is 19.6 Å². The van der Waals surface area contributed by atoms with E-state index in [1.807, 2.05) is 13.8 Å². The third-order valence-corrected chi connectivity index (χ3v) is 3.32. The van der Waals surface area contributed by atoms with Gasteiger partial charge in [0, 0.05) is 19.5 Å². The third-order valence-electron chi connectivity index (χ3n) is 3.32. The highest BCUT2D eigenvalue weighted by atomic mass is 16.5. The molecule has 0 aromatic heterocycles. The number of carbonyl (C=O) groups excluding carboxylic acids is 2. The largest absolute Gasteiger partial charge is 0.453 e. The summed E-state index contributed by atoms with van der Waals surface area (Å²) in [5, 5.41) is 0. The van der Waals surface area contributed by atoms with E-state index in [0.717, 1.165) is 6.42 Å². The van der Waals surface area contributed by atoms with Gasteiger partial charge in [-0.3, -0.25) is 9.59 Å². The van der Waals surface area contributed by atoms with Crippen LogP contribution in [-0.2, 0) is 14.3 Å². The Labute approximate surface area is 122 Å². The van der Waals surface area contributed by atoms with Crippen LogP contribution < -0.4 is 5.73 Å². The first kappa shape index (κ1) is 18.9. The lowest BCUT2D eigenvalue weighted by Crippen LogP contribution is -2.40. The highest BCUT2D eigenvalue weighted by Gasteiger charge is 2.23. The van der Waals surface area contributed by atoms with Crippen LogP contribution in [0.2, 0.25) is 0 Å². The minimum Gasteiger partial charge on any atom is -0.453 e. The molecule has 0 aromatic rings. The fourth-order valence-electron chi connectivity index (χ4n) is 2.25. The molecule has 0 rings (SSSR count). The predicted molar refractivity (Wildman–Crippen MR) is 80.1 cm³/mol. The Hall–Kier alpha value is -1.10. The maximum absolute atomic E-state index is 12.0. The van der Waals surface area contributed by atoms with Gasteiger partial charge in [0.1, 0.15) is 0 Å². The summed E-state index contributed by atoms with van der Waals surface area (Å²) < 4.78 is 5.22. The van der Waals surface area contributed by atoms with Crippen LogP contribution in [0.1, 0.15) is 47.5 Å². The molecule has 0 unspecified atom stereocenters. The van der Waals surface area contributed by atoms with E-state index in [4.69, 9.17) is 10.5 Å². The Balaban J connectivity index is 4.34. The predicted octanol–water partition coefficient (Wildman–Crippen LogP) is 1.80. The van der Waals surface area contributed by atoms with Gasteiger partial charge in [-0.15, -0.1) is 0 Å². The Morgan fingerprint density at radius 2 is 1.70 bits per heavy atom. The van der Waals surface area contributed by atoms with Gasteiger partial charge in [0.25, 0.3) is 5.91 Å². The van der Waals surface area contributed by atoms with Crippen molar-refractivity contribution in [3.05, 3.63) is 0 Å². The van der Waals surface area contributed by atoms with Crippen molar-refractivity contribution in [2.24, 2.45) is 17.6 Å². The smallest absolute Gasteiger partial charge is 0.306 e. The number of nitrogens with zero attached hydrogens (tertiary/aromatic N) is 1. The van der Waals surface area contributed by atoms with Gasteiger partial charge in [-0.1, -0.05) is 13.8 Å². The van der Waals surface area contributed by atoms with Gasteiger partial charge in [-0.25, -0.2) is 0 Å². The molecule has 1 amide bonds. The maximum atomic E-state index is 12.0. The van der Waals surface area contributed by atoms with Gasteiger partial charge in [0.15, 0.2) is 6.10 Å². The van der Waals surface area contributed by atoms with Gasteiger partial charge in [0.2, 0.25) is 0 Å². The normalized spacial score (nSPS) is 13.9. The Kier molecular flexibility index (Phi) is 9.21. The Morgan fingerprint density at radius 3 is 2.10 bits per heavy atom. The van der Waals surface area contributed by atoms with Gasteiger partial charge in [-0.2, -0.15) is 0 Å². The number of hydrogen-bond acceptors (Lipinski definition) is 4. The standard InChI is InChI=1S/C15H30N2O3/c1-6-17(7-2)15(19)12(5)20-14(18)9-13(10-16)8-11(3)4/h11-13H,6-10,16H2,1-5H3/t12-,13+/m1/s1. The van der Waals surface area contributed by atoms with E-state index in [9.17, 15) is 9.59 Å². The van der Waals surface area contributed by atoms with E-state index in [1.54, 1.807) is 11.8 Å². The summed E-state index contributed by atoms with van der Waals surface area (Å²) in [5.41, 5.74) is 5.67. The molecular weight excluding hydrogens is 256 g/mol. The van der Waals surface area contributed by atoms with Crippen molar-refractivity contribution in [1.82, 2.24) is 4.90 Å². The Morgan fingerprint density at radius 1 is 1.15 bits per heavy atom. The summed E-state index contributed by atoms with van der Waals surface area (Å²) in [4.78, 5) is 25.5. The molecule has 0 saturated heterocycles. The fourth-order valence-corrected chi connectivity index (χ4v) is 2.25. The molecule has 5 heteroatoms. The van der Waals surface area contributed by atoms with Gasteiger partial charge in [-0.05, 0) is 45.6 Å². The molecular formula is C15H30N2O3. The zero-order chi connectivity index (χ0) is 15.7.